The van der Waals surface area contributed by atoms with Crippen LogP contribution in [0.25, 0.3) is 28.1 Å². The highest BCUT2D eigenvalue weighted by Gasteiger charge is 2.20. The minimum absolute atomic E-state index is 0.136. The van der Waals surface area contributed by atoms with Crippen molar-refractivity contribution >= 4 is 39.1 Å². The Bertz CT molecular complexity index is 1600. The van der Waals surface area contributed by atoms with Crippen LogP contribution in [0.5, 0.6) is 11.5 Å². The number of nitrogens with one attached hydrogen (secondary N) is 1. The molecule has 4 heterocycles. The maximum absolute atomic E-state index is 12.9. The molecule has 0 aliphatic heterocycles. The van der Waals surface area contributed by atoms with Gasteiger partial charge in [-0.1, -0.05) is 11.3 Å². The number of hydrogen-bond acceptors (Lipinski definition) is 10. The van der Waals surface area contributed by atoms with E-state index in [0.717, 1.165) is 11.3 Å². The van der Waals surface area contributed by atoms with Crippen LogP contribution in [0.1, 0.15) is 9.67 Å². The average Bonchev–Trinajstić information content (AvgIpc) is 3.57. The minimum Gasteiger partial charge on any atom is -0.497 e. The summed E-state index contributed by atoms with van der Waals surface area (Å²) in [5, 5.41) is 18.6. The van der Waals surface area contributed by atoms with Crippen molar-refractivity contribution in [3.05, 3.63) is 76.0 Å². The number of aromatic nitrogens is 5. The van der Waals surface area contributed by atoms with E-state index in [2.05, 4.69) is 20.4 Å². The summed E-state index contributed by atoms with van der Waals surface area (Å²) < 4.78 is 12.1. The summed E-state index contributed by atoms with van der Waals surface area (Å²) >= 11 is 0.771. The molecular weight excluding hydrogens is 486 g/mol. The molecule has 180 valence electrons. The Labute approximate surface area is 207 Å². The van der Waals surface area contributed by atoms with Gasteiger partial charge in [0.05, 0.1) is 47.5 Å². The second-order valence-corrected chi connectivity index (χ2v) is 8.41. The highest BCUT2D eigenvalue weighted by molar-refractivity contribution is 7.17. The molecule has 0 aliphatic rings. The van der Waals surface area contributed by atoms with Crippen LogP contribution in [0.3, 0.4) is 0 Å². The lowest BCUT2D eigenvalue weighted by Gasteiger charge is -2.10. The van der Waals surface area contributed by atoms with Crippen molar-refractivity contribution in [3.8, 4) is 28.6 Å². The molecule has 0 spiro atoms. The number of carbonyl (C=O) groups is 1. The second-order valence-electron chi connectivity index (χ2n) is 7.35. The van der Waals surface area contributed by atoms with Gasteiger partial charge in [0.15, 0.2) is 11.5 Å². The number of anilines is 1. The number of methoxy groups -OCH3 is 2. The number of rotatable bonds is 7. The van der Waals surface area contributed by atoms with Crippen LogP contribution in [0.4, 0.5) is 10.8 Å². The maximum Gasteiger partial charge on any atom is 0.324 e. The van der Waals surface area contributed by atoms with E-state index in [-0.39, 0.29) is 21.5 Å². The number of nitro groups is 1. The van der Waals surface area contributed by atoms with Crippen LogP contribution < -0.4 is 14.8 Å². The molecule has 0 aliphatic carbocycles. The fourth-order valence-corrected chi connectivity index (χ4v) is 4.13. The van der Waals surface area contributed by atoms with Gasteiger partial charge in [0, 0.05) is 17.8 Å². The van der Waals surface area contributed by atoms with Gasteiger partial charge in [-0.25, -0.2) is 14.6 Å². The Hall–Kier alpha value is -4.91. The molecule has 0 saturated carbocycles. The van der Waals surface area contributed by atoms with Gasteiger partial charge in [-0.3, -0.25) is 19.9 Å². The highest BCUT2D eigenvalue weighted by atomic mass is 32.1. The van der Waals surface area contributed by atoms with Crippen LogP contribution in [-0.4, -0.2) is 49.8 Å². The van der Waals surface area contributed by atoms with Crippen molar-refractivity contribution in [2.75, 3.05) is 19.5 Å². The van der Waals surface area contributed by atoms with E-state index in [9.17, 15) is 14.9 Å². The summed E-state index contributed by atoms with van der Waals surface area (Å²) in [6, 6.07) is 11.6. The first-order valence-corrected chi connectivity index (χ1v) is 11.2. The molecule has 0 fully saturated rings. The number of pyridine rings is 1. The smallest absolute Gasteiger partial charge is 0.324 e. The molecule has 1 amide bonds. The average molecular weight is 504 g/mol. The van der Waals surface area contributed by atoms with Gasteiger partial charge in [-0.2, -0.15) is 5.10 Å². The van der Waals surface area contributed by atoms with Gasteiger partial charge in [0.2, 0.25) is 0 Å². The van der Waals surface area contributed by atoms with Crippen molar-refractivity contribution in [1.82, 2.24) is 24.7 Å². The summed E-state index contributed by atoms with van der Waals surface area (Å²) in [5.41, 5.74) is 1.70. The first-order chi connectivity index (χ1) is 17.5. The molecule has 1 N–H and O–H groups in total. The fourth-order valence-electron chi connectivity index (χ4n) is 3.41. The Morgan fingerprint density at radius 1 is 1.03 bits per heavy atom. The quantitative estimate of drug-likeness (QED) is 0.256. The monoisotopic (exact) mass is 503 g/mol. The standard InChI is InChI=1S/C23H17N7O5S/c1-34-15-5-3-14(4-6-15)29-22-17(12-25-29)21(28-23(31)18-7-8-19(36-18)30(32)33)26-20(27-22)13-9-16(35-2)11-24-10-13/h3-12H,1-2H3,(H,26,27,28,31). The summed E-state index contributed by atoms with van der Waals surface area (Å²) in [7, 11) is 3.10. The van der Waals surface area contributed by atoms with E-state index in [4.69, 9.17) is 14.5 Å². The van der Waals surface area contributed by atoms with Gasteiger partial charge in [0.25, 0.3) is 5.91 Å². The molecular formula is C23H17N7O5S. The molecule has 4 aromatic heterocycles. The Balaban J connectivity index is 1.63. The predicted molar refractivity (Wildman–Crippen MR) is 132 cm³/mol. The number of carbonyl (C=O) groups excluding carboxylic acids is 1. The largest absolute Gasteiger partial charge is 0.497 e. The summed E-state index contributed by atoms with van der Waals surface area (Å²) in [6.07, 6.45) is 4.67. The molecule has 5 aromatic rings. The molecule has 5 rings (SSSR count). The third kappa shape index (κ3) is 4.30. The topological polar surface area (TPSA) is 147 Å². The van der Waals surface area contributed by atoms with Crippen molar-refractivity contribution in [2.45, 2.75) is 0 Å². The third-order valence-electron chi connectivity index (χ3n) is 5.18. The second kappa shape index (κ2) is 9.38. The Kier molecular flexibility index (Phi) is 5.96. The first kappa shape index (κ1) is 22.9. The molecule has 0 radical (unpaired) electrons. The first-order valence-electron chi connectivity index (χ1n) is 10.4. The molecule has 0 bridgehead atoms. The predicted octanol–water partition coefficient (Wildman–Crippen LogP) is 4.12. The molecule has 1 aromatic carbocycles. The van der Waals surface area contributed by atoms with Gasteiger partial charge in [0.1, 0.15) is 17.3 Å². The third-order valence-corrected chi connectivity index (χ3v) is 6.22. The molecule has 36 heavy (non-hydrogen) atoms. The van der Waals surface area contributed by atoms with Gasteiger partial charge in [-0.15, -0.1) is 0 Å². The maximum atomic E-state index is 12.9. The summed E-state index contributed by atoms with van der Waals surface area (Å²) in [6.45, 7) is 0. The van der Waals surface area contributed by atoms with E-state index < -0.39 is 10.8 Å². The number of ether oxygens (including phenoxy) is 2. The number of benzene rings is 1. The van der Waals surface area contributed by atoms with Crippen LogP contribution >= 0.6 is 11.3 Å². The normalized spacial score (nSPS) is 10.8. The van der Waals surface area contributed by atoms with Crippen molar-refractivity contribution in [3.63, 3.8) is 0 Å². The van der Waals surface area contributed by atoms with Crippen LogP contribution in [-0.2, 0) is 0 Å². The van der Waals surface area contributed by atoms with Gasteiger partial charge in [-0.05, 0) is 36.4 Å². The Morgan fingerprint density at radius 3 is 2.50 bits per heavy atom. The lowest BCUT2D eigenvalue weighted by Crippen LogP contribution is -2.12. The fraction of sp³-hybridized carbons (Fsp3) is 0.0870. The number of fused-ring (bicyclic) bond motifs is 1. The summed E-state index contributed by atoms with van der Waals surface area (Å²) in [4.78, 5) is 37.0. The van der Waals surface area contributed by atoms with Crippen LogP contribution in [0.15, 0.2) is 61.1 Å². The SMILES string of the molecule is COc1ccc(-n2ncc3c(NC(=O)c4ccc([N+](=O)[O-])s4)nc(-c4cncc(OC)c4)nc32)cc1. The van der Waals surface area contributed by atoms with E-state index >= 15 is 0 Å². The molecule has 13 heteroatoms. The van der Waals surface area contributed by atoms with E-state index in [1.807, 2.05) is 12.1 Å². The number of amides is 1. The number of thiophene rings is 1. The lowest BCUT2D eigenvalue weighted by atomic mass is 10.2. The van der Waals surface area contributed by atoms with Gasteiger partial charge < -0.3 is 14.8 Å². The molecule has 0 saturated heterocycles. The number of hydrogen-bond donors (Lipinski definition) is 1. The van der Waals surface area contributed by atoms with Crippen molar-refractivity contribution < 1.29 is 19.2 Å². The van der Waals surface area contributed by atoms with Crippen molar-refractivity contribution in [1.29, 1.82) is 0 Å². The zero-order valence-electron chi connectivity index (χ0n) is 18.9. The molecule has 12 nitrogen and oxygen atoms in total. The summed E-state index contributed by atoms with van der Waals surface area (Å²) in [5.74, 6) is 1.12. The van der Waals surface area contributed by atoms with E-state index in [1.165, 1.54) is 19.2 Å². The minimum atomic E-state index is -0.545. The zero-order chi connectivity index (χ0) is 25.2. The van der Waals surface area contributed by atoms with Crippen LogP contribution in [0, 0.1) is 10.1 Å². The van der Waals surface area contributed by atoms with E-state index in [1.54, 1.807) is 48.6 Å². The lowest BCUT2D eigenvalue weighted by molar-refractivity contribution is -0.380. The highest BCUT2D eigenvalue weighted by Crippen LogP contribution is 2.30. The Morgan fingerprint density at radius 2 is 1.81 bits per heavy atom. The van der Waals surface area contributed by atoms with Crippen molar-refractivity contribution in [2.24, 2.45) is 0 Å². The number of nitrogens with zero attached hydrogens (tertiary/aromatic N) is 6. The van der Waals surface area contributed by atoms with E-state index in [0.29, 0.717) is 33.8 Å². The molecule has 0 atom stereocenters. The van der Waals surface area contributed by atoms with Crippen LogP contribution in [0.2, 0.25) is 0 Å². The van der Waals surface area contributed by atoms with Gasteiger partial charge >= 0.3 is 5.00 Å². The molecule has 0 unspecified atom stereocenters. The zero-order valence-corrected chi connectivity index (χ0v) is 19.7.